The molecule has 1 aromatic rings. The zero-order chi connectivity index (χ0) is 12.0. The minimum Gasteiger partial charge on any atom is -0.481 e. The van der Waals surface area contributed by atoms with Crippen molar-refractivity contribution in [1.82, 2.24) is 15.2 Å². The minimum absolute atomic E-state index is 0.0549. The Morgan fingerprint density at radius 2 is 2.38 bits per heavy atom. The van der Waals surface area contributed by atoms with Gasteiger partial charge in [0.25, 0.3) is 0 Å². The molecule has 88 valence electrons. The van der Waals surface area contributed by atoms with Gasteiger partial charge in [0, 0.05) is 19.0 Å². The Bertz CT molecular complexity index is 353. The lowest BCUT2D eigenvalue weighted by Gasteiger charge is -2.16. The van der Waals surface area contributed by atoms with E-state index in [1.807, 2.05) is 5.38 Å². The van der Waals surface area contributed by atoms with Crippen molar-refractivity contribution in [2.45, 2.75) is 13.0 Å². The summed E-state index contributed by atoms with van der Waals surface area (Å²) in [4.78, 5) is 27.1. The number of hydrogen-bond donors (Lipinski definition) is 2. The van der Waals surface area contributed by atoms with E-state index < -0.39 is 5.97 Å². The van der Waals surface area contributed by atoms with Gasteiger partial charge in [-0.3, -0.25) is 4.79 Å². The monoisotopic (exact) mass is 243 g/mol. The van der Waals surface area contributed by atoms with Crippen LogP contribution in [0.25, 0.3) is 0 Å². The number of nitrogens with zero attached hydrogens (tertiary/aromatic N) is 2. The van der Waals surface area contributed by atoms with Crippen molar-refractivity contribution in [3.63, 3.8) is 0 Å². The summed E-state index contributed by atoms with van der Waals surface area (Å²) < 4.78 is 0. The van der Waals surface area contributed by atoms with Crippen LogP contribution in [0.5, 0.6) is 0 Å². The molecule has 0 atom stereocenters. The molecule has 0 unspecified atom stereocenters. The first-order valence-corrected chi connectivity index (χ1v) is 5.61. The average Bonchev–Trinajstić information content (AvgIpc) is 2.75. The van der Waals surface area contributed by atoms with E-state index in [1.165, 1.54) is 16.2 Å². The van der Waals surface area contributed by atoms with Crippen molar-refractivity contribution < 1.29 is 14.7 Å². The molecule has 7 heteroatoms. The molecule has 0 saturated heterocycles. The topological polar surface area (TPSA) is 82.5 Å². The summed E-state index contributed by atoms with van der Waals surface area (Å²) in [6, 6.07) is -0.297. The molecular weight excluding hydrogens is 230 g/mol. The van der Waals surface area contributed by atoms with Gasteiger partial charge in [0.1, 0.15) is 0 Å². The lowest BCUT2D eigenvalue weighted by molar-refractivity contribution is -0.137. The van der Waals surface area contributed by atoms with Gasteiger partial charge in [-0.15, -0.1) is 11.3 Å². The van der Waals surface area contributed by atoms with Crippen molar-refractivity contribution in [3.8, 4) is 0 Å². The smallest absolute Gasteiger partial charge is 0.317 e. The van der Waals surface area contributed by atoms with Crippen LogP contribution in [-0.2, 0) is 11.3 Å². The number of carboxylic acid groups (broad SMARTS) is 1. The van der Waals surface area contributed by atoms with E-state index in [-0.39, 0.29) is 19.0 Å². The van der Waals surface area contributed by atoms with Gasteiger partial charge in [0.05, 0.1) is 24.2 Å². The molecule has 0 aliphatic carbocycles. The number of rotatable bonds is 5. The molecular formula is C9H13N3O3S. The second kappa shape index (κ2) is 6.06. The maximum atomic E-state index is 11.4. The SMILES string of the molecule is CN(CCC(=O)O)C(=O)NCc1cscn1. The van der Waals surface area contributed by atoms with Crippen LogP contribution in [0.15, 0.2) is 10.9 Å². The molecule has 1 heterocycles. The number of carbonyl (C=O) groups is 2. The highest BCUT2D eigenvalue weighted by Gasteiger charge is 2.09. The van der Waals surface area contributed by atoms with Crippen molar-refractivity contribution >= 4 is 23.3 Å². The van der Waals surface area contributed by atoms with Crippen LogP contribution in [0.1, 0.15) is 12.1 Å². The largest absolute Gasteiger partial charge is 0.481 e. The number of nitrogens with one attached hydrogen (secondary N) is 1. The Morgan fingerprint density at radius 3 is 2.94 bits per heavy atom. The van der Waals surface area contributed by atoms with Gasteiger partial charge in [-0.25, -0.2) is 9.78 Å². The van der Waals surface area contributed by atoms with Crippen molar-refractivity contribution in [1.29, 1.82) is 0 Å². The van der Waals surface area contributed by atoms with Gasteiger partial charge in [-0.1, -0.05) is 0 Å². The summed E-state index contributed by atoms with van der Waals surface area (Å²) >= 11 is 1.46. The molecule has 0 fully saturated rings. The minimum atomic E-state index is -0.917. The molecule has 0 aliphatic heterocycles. The molecule has 0 radical (unpaired) electrons. The number of aliphatic carboxylic acids is 1. The third-order valence-electron chi connectivity index (χ3n) is 1.91. The maximum absolute atomic E-state index is 11.4. The summed E-state index contributed by atoms with van der Waals surface area (Å²) in [6.07, 6.45) is -0.0549. The van der Waals surface area contributed by atoms with E-state index in [9.17, 15) is 9.59 Å². The molecule has 0 spiro atoms. The Balaban J connectivity index is 2.26. The molecule has 0 aliphatic rings. The van der Waals surface area contributed by atoms with Crippen molar-refractivity contribution in [2.75, 3.05) is 13.6 Å². The van der Waals surface area contributed by atoms with E-state index in [2.05, 4.69) is 10.3 Å². The fourth-order valence-corrected chi connectivity index (χ4v) is 1.55. The zero-order valence-electron chi connectivity index (χ0n) is 8.84. The average molecular weight is 243 g/mol. The van der Waals surface area contributed by atoms with Crippen molar-refractivity contribution in [2.24, 2.45) is 0 Å². The van der Waals surface area contributed by atoms with Gasteiger partial charge < -0.3 is 15.3 Å². The van der Waals surface area contributed by atoms with Gasteiger partial charge >= 0.3 is 12.0 Å². The lowest BCUT2D eigenvalue weighted by atomic mass is 10.4. The van der Waals surface area contributed by atoms with Gasteiger partial charge in [0.15, 0.2) is 0 Å². The molecule has 0 saturated carbocycles. The molecule has 0 aromatic carbocycles. The van der Waals surface area contributed by atoms with Crippen LogP contribution in [0.4, 0.5) is 4.79 Å². The number of urea groups is 1. The van der Waals surface area contributed by atoms with Gasteiger partial charge in [-0.2, -0.15) is 0 Å². The molecule has 16 heavy (non-hydrogen) atoms. The highest BCUT2D eigenvalue weighted by molar-refractivity contribution is 7.07. The van der Waals surface area contributed by atoms with E-state index in [0.717, 1.165) is 5.69 Å². The zero-order valence-corrected chi connectivity index (χ0v) is 9.66. The second-order valence-corrected chi connectivity index (χ2v) is 3.92. The van der Waals surface area contributed by atoms with Crippen LogP contribution < -0.4 is 5.32 Å². The fourth-order valence-electron chi connectivity index (χ4n) is 0.991. The van der Waals surface area contributed by atoms with E-state index in [1.54, 1.807) is 12.6 Å². The molecule has 1 aromatic heterocycles. The quantitative estimate of drug-likeness (QED) is 0.799. The Morgan fingerprint density at radius 1 is 1.62 bits per heavy atom. The standard InChI is InChI=1S/C9H13N3O3S/c1-12(3-2-8(13)14)9(15)10-4-7-5-16-6-11-7/h5-6H,2-4H2,1H3,(H,10,15)(H,13,14). The van der Waals surface area contributed by atoms with Crippen molar-refractivity contribution in [3.05, 3.63) is 16.6 Å². The number of hydrogen-bond acceptors (Lipinski definition) is 4. The summed E-state index contributed by atoms with van der Waals surface area (Å²) in [6.45, 7) is 0.554. The first-order chi connectivity index (χ1) is 7.59. The van der Waals surface area contributed by atoms with Gasteiger partial charge in [0.2, 0.25) is 0 Å². The molecule has 2 amide bonds. The number of carbonyl (C=O) groups excluding carboxylic acids is 1. The lowest BCUT2D eigenvalue weighted by Crippen LogP contribution is -2.38. The third-order valence-corrected chi connectivity index (χ3v) is 2.55. The molecule has 2 N–H and O–H groups in total. The summed E-state index contributed by atoms with van der Waals surface area (Å²) in [5.41, 5.74) is 2.49. The predicted molar refractivity (Wildman–Crippen MR) is 59.2 cm³/mol. The Kier molecular flexibility index (Phi) is 4.71. The van der Waals surface area contributed by atoms with Gasteiger partial charge in [-0.05, 0) is 0 Å². The van der Waals surface area contributed by atoms with Crippen LogP contribution >= 0.6 is 11.3 Å². The summed E-state index contributed by atoms with van der Waals surface area (Å²) in [5, 5.41) is 12.9. The summed E-state index contributed by atoms with van der Waals surface area (Å²) in [7, 11) is 1.55. The Hall–Kier alpha value is -1.63. The van der Waals surface area contributed by atoms with E-state index in [0.29, 0.717) is 6.54 Å². The molecule has 6 nitrogen and oxygen atoms in total. The van der Waals surface area contributed by atoms with E-state index >= 15 is 0 Å². The third kappa shape index (κ3) is 4.26. The number of carboxylic acids is 1. The molecule has 1 rings (SSSR count). The second-order valence-electron chi connectivity index (χ2n) is 3.20. The van der Waals surface area contributed by atoms with Crippen LogP contribution in [-0.4, -0.2) is 40.6 Å². The normalized spacial score (nSPS) is 9.81. The number of thiazole rings is 1. The number of aromatic nitrogens is 1. The van der Waals surface area contributed by atoms with Crippen LogP contribution in [0, 0.1) is 0 Å². The van der Waals surface area contributed by atoms with Crippen LogP contribution in [0.2, 0.25) is 0 Å². The van der Waals surface area contributed by atoms with Crippen LogP contribution in [0.3, 0.4) is 0 Å². The Labute approximate surface area is 96.9 Å². The predicted octanol–water partition coefficient (Wildman–Crippen LogP) is 0.759. The first-order valence-electron chi connectivity index (χ1n) is 4.67. The summed E-state index contributed by atoms with van der Waals surface area (Å²) in [5.74, 6) is -0.917. The molecule has 0 bridgehead atoms. The highest BCUT2D eigenvalue weighted by atomic mass is 32.1. The fraction of sp³-hybridized carbons (Fsp3) is 0.444. The number of amides is 2. The highest BCUT2D eigenvalue weighted by Crippen LogP contribution is 2.00. The maximum Gasteiger partial charge on any atom is 0.317 e. The first kappa shape index (κ1) is 12.4. The van der Waals surface area contributed by atoms with E-state index in [4.69, 9.17) is 5.11 Å².